The number of halogens is 1. The van der Waals surface area contributed by atoms with Crippen molar-refractivity contribution in [1.29, 1.82) is 0 Å². The topological polar surface area (TPSA) is 47.0 Å². The van der Waals surface area contributed by atoms with Crippen molar-refractivity contribution >= 4 is 21.7 Å². The lowest BCUT2D eigenvalue weighted by Crippen LogP contribution is -2.05. The van der Waals surface area contributed by atoms with E-state index in [4.69, 9.17) is 4.74 Å². The number of aryl methyl sites for hydroxylation is 2. The number of benzene rings is 1. The van der Waals surface area contributed by atoms with E-state index in [1.54, 1.807) is 0 Å². The Balaban J connectivity index is 2.40. The second kappa shape index (κ2) is 6.89. The molecule has 0 radical (unpaired) electrons. The van der Waals surface area contributed by atoms with Crippen molar-refractivity contribution < 1.29 is 4.74 Å². The minimum atomic E-state index is 0.599. The smallest absolute Gasteiger partial charge is 0.227 e. The first-order valence-electron chi connectivity index (χ1n) is 7.04. The third-order valence-corrected chi connectivity index (χ3v) is 3.77. The lowest BCUT2D eigenvalue weighted by atomic mass is 10.2. The summed E-state index contributed by atoms with van der Waals surface area (Å²) in [5.41, 5.74) is 2.08. The third-order valence-electron chi connectivity index (χ3n) is 3.15. The Labute approximate surface area is 134 Å². The minimum absolute atomic E-state index is 0.599. The molecule has 4 nitrogen and oxygen atoms in total. The number of rotatable bonds is 5. The van der Waals surface area contributed by atoms with Gasteiger partial charge in [-0.25, -0.2) is 4.98 Å². The molecule has 0 aliphatic carbocycles. The van der Waals surface area contributed by atoms with Crippen LogP contribution in [-0.4, -0.2) is 17.0 Å². The van der Waals surface area contributed by atoms with Crippen LogP contribution < -0.4 is 10.1 Å². The number of nitrogens with zero attached hydrogens (tertiary/aromatic N) is 2. The zero-order valence-corrected chi connectivity index (χ0v) is 14.4. The van der Waals surface area contributed by atoms with Crippen molar-refractivity contribution in [3.63, 3.8) is 0 Å². The first kappa shape index (κ1) is 15.8. The van der Waals surface area contributed by atoms with Crippen LogP contribution >= 0.6 is 15.9 Å². The standard InChI is InChI=1S/C16H20BrN3O/c1-5-6-14-19-15(18-4)11(3)16(20-14)21-13-8-7-10(2)9-12(13)17/h7-9H,5-6H2,1-4H3,(H,18,19,20). The molecule has 1 aromatic heterocycles. The number of hydrogen-bond donors (Lipinski definition) is 1. The Morgan fingerprint density at radius 3 is 2.62 bits per heavy atom. The summed E-state index contributed by atoms with van der Waals surface area (Å²) >= 11 is 3.53. The van der Waals surface area contributed by atoms with E-state index in [0.29, 0.717) is 5.88 Å². The Morgan fingerprint density at radius 2 is 2.00 bits per heavy atom. The second-order valence-corrected chi connectivity index (χ2v) is 5.81. The maximum absolute atomic E-state index is 5.99. The third kappa shape index (κ3) is 3.73. The molecule has 2 aromatic rings. The lowest BCUT2D eigenvalue weighted by molar-refractivity contribution is 0.451. The monoisotopic (exact) mass is 349 g/mol. The molecule has 1 aromatic carbocycles. The van der Waals surface area contributed by atoms with Gasteiger partial charge in [-0.3, -0.25) is 0 Å². The molecule has 0 aliphatic rings. The van der Waals surface area contributed by atoms with Gasteiger partial charge in [0.25, 0.3) is 0 Å². The molecule has 0 saturated heterocycles. The molecule has 2 rings (SSSR count). The van der Waals surface area contributed by atoms with Gasteiger partial charge in [0, 0.05) is 13.5 Å². The SMILES string of the molecule is CCCc1nc(NC)c(C)c(Oc2ccc(C)cc2Br)n1. The maximum atomic E-state index is 5.99. The van der Waals surface area contributed by atoms with Crippen LogP contribution in [0, 0.1) is 13.8 Å². The Kier molecular flexibility index (Phi) is 5.17. The van der Waals surface area contributed by atoms with Gasteiger partial charge in [0.2, 0.25) is 5.88 Å². The first-order chi connectivity index (χ1) is 10.0. The highest BCUT2D eigenvalue weighted by molar-refractivity contribution is 9.10. The zero-order valence-electron chi connectivity index (χ0n) is 12.8. The fourth-order valence-electron chi connectivity index (χ4n) is 2.01. The van der Waals surface area contributed by atoms with Crippen LogP contribution in [0.15, 0.2) is 22.7 Å². The van der Waals surface area contributed by atoms with E-state index in [-0.39, 0.29) is 0 Å². The molecule has 112 valence electrons. The molecule has 0 bridgehead atoms. The highest BCUT2D eigenvalue weighted by Crippen LogP contribution is 2.32. The molecular formula is C16H20BrN3O. The predicted molar refractivity (Wildman–Crippen MR) is 89.3 cm³/mol. The molecular weight excluding hydrogens is 330 g/mol. The summed E-state index contributed by atoms with van der Waals surface area (Å²) in [5.74, 6) is 2.96. The van der Waals surface area contributed by atoms with Crippen molar-refractivity contribution in [2.45, 2.75) is 33.6 Å². The van der Waals surface area contributed by atoms with Crippen molar-refractivity contribution in [3.05, 3.63) is 39.6 Å². The number of aromatic nitrogens is 2. The van der Waals surface area contributed by atoms with Crippen LogP contribution in [0.3, 0.4) is 0 Å². The Hall–Kier alpha value is -1.62. The average Bonchev–Trinajstić information content (AvgIpc) is 2.45. The first-order valence-corrected chi connectivity index (χ1v) is 7.83. The summed E-state index contributed by atoms with van der Waals surface area (Å²) in [6, 6.07) is 5.99. The van der Waals surface area contributed by atoms with Gasteiger partial charge in [0.15, 0.2) is 0 Å². The van der Waals surface area contributed by atoms with E-state index in [0.717, 1.165) is 40.3 Å². The van der Waals surface area contributed by atoms with E-state index >= 15 is 0 Å². The summed E-state index contributed by atoms with van der Waals surface area (Å²) in [4.78, 5) is 9.04. The molecule has 5 heteroatoms. The van der Waals surface area contributed by atoms with Gasteiger partial charge >= 0.3 is 0 Å². The van der Waals surface area contributed by atoms with Crippen molar-refractivity contribution in [2.75, 3.05) is 12.4 Å². The van der Waals surface area contributed by atoms with Crippen molar-refractivity contribution in [3.8, 4) is 11.6 Å². The minimum Gasteiger partial charge on any atom is -0.437 e. The second-order valence-electron chi connectivity index (χ2n) is 4.95. The van der Waals surface area contributed by atoms with Crippen LogP contribution in [0.1, 0.15) is 30.3 Å². The molecule has 0 aliphatic heterocycles. The Bertz CT molecular complexity index is 644. The molecule has 0 amide bonds. The fraction of sp³-hybridized carbons (Fsp3) is 0.375. The summed E-state index contributed by atoms with van der Waals surface area (Å²) < 4.78 is 6.91. The molecule has 0 spiro atoms. The van der Waals surface area contributed by atoms with Gasteiger partial charge < -0.3 is 10.1 Å². The van der Waals surface area contributed by atoms with Gasteiger partial charge in [0.1, 0.15) is 17.4 Å². The zero-order chi connectivity index (χ0) is 15.4. The number of nitrogens with one attached hydrogen (secondary N) is 1. The van der Waals surface area contributed by atoms with E-state index in [1.165, 1.54) is 5.56 Å². The largest absolute Gasteiger partial charge is 0.437 e. The lowest BCUT2D eigenvalue weighted by Gasteiger charge is -2.13. The molecule has 1 heterocycles. The normalized spacial score (nSPS) is 10.5. The molecule has 21 heavy (non-hydrogen) atoms. The van der Waals surface area contributed by atoms with E-state index in [9.17, 15) is 0 Å². The van der Waals surface area contributed by atoms with E-state index in [1.807, 2.05) is 39.1 Å². The highest BCUT2D eigenvalue weighted by Gasteiger charge is 2.13. The van der Waals surface area contributed by atoms with Crippen LogP contribution in [0.4, 0.5) is 5.82 Å². The molecule has 0 saturated carbocycles. The Morgan fingerprint density at radius 1 is 1.24 bits per heavy atom. The number of ether oxygens (including phenoxy) is 1. The molecule has 0 unspecified atom stereocenters. The summed E-state index contributed by atoms with van der Waals surface area (Å²) in [7, 11) is 1.86. The highest BCUT2D eigenvalue weighted by atomic mass is 79.9. The molecule has 1 N–H and O–H groups in total. The summed E-state index contributed by atoms with van der Waals surface area (Å²) in [5, 5.41) is 3.10. The average molecular weight is 350 g/mol. The van der Waals surface area contributed by atoms with Crippen molar-refractivity contribution in [1.82, 2.24) is 9.97 Å². The van der Waals surface area contributed by atoms with E-state index < -0.39 is 0 Å². The van der Waals surface area contributed by atoms with Crippen LogP contribution in [-0.2, 0) is 6.42 Å². The predicted octanol–water partition coefficient (Wildman–Crippen LogP) is 4.64. The van der Waals surface area contributed by atoms with Crippen LogP contribution in [0.25, 0.3) is 0 Å². The molecule has 0 atom stereocenters. The van der Waals surface area contributed by atoms with Crippen LogP contribution in [0.2, 0.25) is 0 Å². The van der Waals surface area contributed by atoms with Gasteiger partial charge in [-0.2, -0.15) is 4.98 Å². The van der Waals surface area contributed by atoms with E-state index in [2.05, 4.69) is 38.1 Å². The summed E-state index contributed by atoms with van der Waals surface area (Å²) in [6.07, 6.45) is 1.83. The molecule has 0 fully saturated rings. The fourth-order valence-corrected chi connectivity index (χ4v) is 2.59. The van der Waals surface area contributed by atoms with Gasteiger partial charge in [-0.1, -0.05) is 13.0 Å². The quantitative estimate of drug-likeness (QED) is 0.853. The maximum Gasteiger partial charge on any atom is 0.227 e. The van der Waals surface area contributed by atoms with Gasteiger partial charge in [-0.15, -0.1) is 0 Å². The number of hydrogen-bond acceptors (Lipinski definition) is 4. The van der Waals surface area contributed by atoms with Gasteiger partial charge in [-0.05, 0) is 53.9 Å². The summed E-state index contributed by atoms with van der Waals surface area (Å²) in [6.45, 7) is 6.11. The van der Waals surface area contributed by atoms with Crippen molar-refractivity contribution in [2.24, 2.45) is 0 Å². The van der Waals surface area contributed by atoms with Crippen LogP contribution in [0.5, 0.6) is 11.6 Å². The van der Waals surface area contributed by atoms with Gasteiger partial charge in [0.05, 0.1) is 10.0 Å². The number of anilines is 1.